The number of benzene rings is 1. The van der Waals surface area contributed by atoms with Gasteiger partial charge < -0.3 is 9.47 Å². The molecule has 3 aromatic rings. The van der Waals surface area contributed by atoms with E-state index in [9.17, 15) is 9.18 Å². The Morgan fingerprint density at radius 2 is 2.29 bits per heavy atom. The van der Waals surface area contributed by atoms with Gasteiger partial charge in [0.15, 0.2) is 0 Å². The molecule has 0 bridgehead atoms. The molecule has 1 aliphatic rings. The summed E-state index contributed by atoms with van der Waals surface area (Å²) in [4.78, 5) is 19.6. The lowest BCUT2D eigenvalue weighted by Gasteiger charge is -2.33. The second-order valence-corrected chi connectivity index (χ2v) is 7.28. The standard InChI is InChI=1S/C18H18FN3OS/c1-12-20-7-9-22(12)13-4-3-8-21(11-13)18(23)17-10-14-15(19)5-2-6-16(14)24-17/h2,5-7,9-10,13H,3-4,8,11H2,1H3/t13-/m1/s1. The largest absolute Gasteiger partial charge is 0.336 e. The smallest absolute Gasteiger partial charge is 0.264 e. The SMILES string of the molecule is Cc1nccn1[C@@H]1CCCN(C(=O)c2cc3c(F)cccc3s2)C1. The molecule has 1 aliphatic heterocycles. The molecule has 1 aromatic carbocycles. The third kappa shape index (κ3) is 2.60. The predicted octanol–water partition coefficient (Wildman–Crippen LogP) is 4.02. The van der Waals surface area contributed by atoms with Gasteiger partial charge in [-0.05, 0) is 38.0 Å². The second-order valence-electron chi connectivity index (χ2n) is 6.19. The number of fused-ring (bicyclic) bond motifs is 1. The number of carbonyl (C=O) groups is 1. The van der Waals surface area contributed by atoms with Crippen LogP contribution in [0.15, 0.2) is 36.7 Å². The predicted molar refractivity (Wildman–Crippen MR) is 92.9 cm³/mol. The zero-order valence-corrected chi connectivity index (χ0v) is 14.2. The topological polar surface area (TPSA) is 38.1 Å². The lowest BCUT2D eigenvalue weighted by atomic mass is 10.1. The number of imidazole rings is 1. The van der Waals surface area contributed by atoms with Gasteiger partial charge in [0.25, 0.3) is 5.91 Å². The molecule has 1 fully saturated rings. The fraction of sp³-hybridized carbons (Fsp3) is 0.333. The average Bonchev–Trinajstić information content (AvgIpc) is 3.21. The molecule has 0 N–H and O–H groups in total. The number of likely N-dealkylation sites (tertiary alicyclic amines) is 1. The number of nitrogens with zero attached hydrogens (tertiary/aromatic N) is 3. The zero-order valence-electron chi connectivity index (χ0n) is 13.4. The van der Waals surface area contributed by atoms with Gasteiger partial charge in [-0.15, -0.1) is 11.3 Å². The Kier molecular flexibility index (Phi) is 3.84. The molecular formula is C18H18FN3OS. The van der Waals surface area contributed by atoms with E-state index >= 15 is 0 Å². The van der Waals surface area contributed by atoms with Gasteiger partial charge in [0.1, 0.15) is 11.6 Å². The highest BCUT2D eigenvalue weighted by Gasteiger charge is 2.27. The minimum atomic E-state index is -0.270. The van der Waals surface area contributed by atoms with Crippen molar-refractivity contribution in [1.82, 2.24) is 14.5 Å². The van der Waals surface area contributed by atoms with Crippen LogP contribution in [-0.4, -0.2) is 33.4 Å². The highest BCUT2D eigenvalue weighted by Crippen LogP contribution is 2.30. The van der Waals surface area contributed by atoms with Crippen LogP contribution < -0.4 is 0 Å². The Morgan fingerprint density at radius 3 is 3.04 bits per heavy atom. The van der Waals surface area contributed by atoms with Crippen LogP contribution in [0.25, 0.3) is 10.1 Å². The van der Waals surface area contributed by atoms with Crippen molar-refractivity contribution in [3.05, 3.63) is 53.2 Å². The monoisotopic (exact) mass is 343 g/mol. The van der Waals surface area contributed by atoms with Crippen LogP contribution in [0, 0.1) is 12.7 Å². The first kappa shape index (κ1) is 15.3. The van der Waals surface area contributed by atoms with E-state index in [-0.39, 0.29) is 17.8 Å². The Labute approximate surface area is 143 Å². The molecular weight excluding hydrogens is 325 g/mol. The molecule has 6 heteroatoms. The van der Waals surface area contributed by atoms with Crippen molar-refractivity contribution in [3.8, 4) is 0 Å². The van der Waals surface area contributed by atoms with Crippen LogP contribution >= 0.6 is 11.3 Å². The first-order valence-electron chi connectivity index (χ1n) is 8.10. The van der Waals surface area contributed by atoms with E-state index in [0.29, 0.717) is 16.8 Å². The molecule has 0 spiro atoms. The lowest BCUT2D eigenvalue weighted by Crippen LogP contribution is -2.40. The van der Waals surface area contributed by atoms with Crippen LogP contribution in [0.4, 0.5) is 4.39 Å². The Morgan fingerprint density at radius 1 is 1.42 bits per heavy atom. The van der Waals surface area contributed by atoms with Crippen LogP contribution in [0.1, 0.15) is 34.4 Å². The third-order valence-electron chi connectivity index (χ3n) is 4.66. The number of aromatic nitrogens is 2. The fourth-order valence-electron chi connectivity index (χ4n) is 3.43. The van der Waals surface area contributed by atoms with Gasteiger partial charge in [-0.3, -0.25) is 4.79 Å². The number of hydrogen-bond acceptors (Lipinski definition) is 3. The molecule has 4 rings (SSSR count). The average molecular weight is 343 g/mol. The van der Waals surface area contributed by atoms with Crippen LogP contribution in [-0.2, 0) is 0 Å². The number of rotatable bonds is 2. The Hall–Kier alpha value is -2.21. The van der Waals surface area contributed by atoms with Gasteiger partial charge >= 0.3 is 0 Å². The van der Waals surface area contributed by atoms with Gasteiger partial charge in [0.05, 0.1) is 10.9 Å². The maximum absolute atomic E-state index is 13.9. The minimum Gasteiger partial charge on any atom is -0.336 e. The van der Waals surface area contributed by atoms with E-state index in [1.807, 2.05) is 24.1 Å². The quantitative estimate of drug-likeness (QED) is 0.705. The number of carbonyl (C=O) groups excluding carboxylic acids is 1. The van der Waals surface area contributed by atoms with Gasteiger partial charge in [0, 0.05) is 35.6 Å². The maximum Gasteiger partial charge on any atom is 0.264 e. The van der Waals surface area contributed by atoms with Gasteiger partial charge in [-0.25, -0.2) is 9.37 Å². The van der Waals surface area contributed by atoms with Crippen molar-refractivity contribution in [2.24, 2.45) is 0 Å². The molecule has 0 radical (unpaired) electrons. The number of thiophene rings is 1. The van der Waals surface area contributed by atoms with E-state index in [1.54, 1.807) is 18.3 Å². The van der Waals surface area contributed by atoms with E-state index in [4.69, 9.17) is 0 Å². The van der Waals surface area contributed by atoms with Crippen LogP contribution in [0.2, 0.25) is 0 Å². The molecule has 0 saturated carbocycles. The second kappa shape index (κ2) is 6.02. The summed E-state index contributed by atoms with van der Waals surface area (Å²) < 4.78 is 16.8. The van der Waals surface area contributed by atoms with Crippen molar-refractivity contribution in [3.63, 3.8) is 0 Å². The molecule has 3 heterocycles. The summed E-state index contributed by atoms with van der Waals surface area (Å²) in [6.07, 6.45) is 5.78. The van der Waals surface area contributed by atoms with Crippen LogP contribution in [0.3, 0.4) is 0 Å². The summed E-state index contributed by atoms with van der Waals surface area (Å²) >= 11 is 1.36. The van der Waals surface area contributed by atoms with Gasteiger partial charge in [-0.2, -0.15) is 0 Å². The minimum absolute atomic E-state index is 0.00179. The zero-order chi connectivity index (χ0) is 16.7. The maximum atomic E-state index is 13.9. The normalized spacial score (nSPS) is 18.2. The summed E-state index contributed by atoms with van der Waals surface area (Å²) in [5, 5.41) is 0.532. The molecule has 1 saturated heterocycles. The van der Waals surface area contributed by atoms with Crippen LogP contribution in [0.5, 0.6) is 0 Å². The summed E-state index contributed by atoms with van der Waals surface area (Å²) in [5.41, 5.74) is 0. The van der Waals surface area contributed by atoms with Crippen molar-refractivity contribution in [2.45, 2.75) is 25.8 Å². The Bertz CT molecular complexity index is 901. The van der Waals surface area contributed by atoms with E-state index in [2.05, 4.69) is 9.55 Å². The first-order chi connectivity index (χ1) is 11.6. The van der Waals surface area contributed by atoms with Crippen molar-refractivity contribution in [1.29, 1.82) is 0 Å². The van der Waals surface area contributed by atoms with Crippen molar-refractivity contribution >= 4 is 27.3 Å². The summed E-state index contributed by atoms with van der Waals surface area (Å²) in [6.45, 7) is 3.40. The molecule has 24 heavy (non-hydrogen) atoms. The lowest BCUT2D eigenvalue weighted by molar-refractivity contribution is 0.0683. The van der Waals surface area contributed by atoms with E-state index in [1.165, 1.54) is 17.4 Å². The molecule has 1 amide bonds. The number of aryl methyl sites for hydroxylation is 1. The Balaban J connectivity index is 1.59. The molecule has 124 valence electrons. The fourth-order valence-corrected chi connectivity index (χ4v) is 4.47. The summed E-state index contributed by atoms with van der Waals surface area (Å²) in [7, 11) is 0. The molecule has 4 nitrogen and oxygen atoms in total. The van der Waals surface area contributed by atoms with Crippen molar-refractivity contribution in [2.75, 3.05) is 13.1 Å². The van der Waals surface area contributed by atoms with Gasteiger partial charge in [-0.1, -0.05) is 6.07 Å². The molecule has 0 unspecified atom stereocenters. The molecule has 2 aromatic heterocycles. The third-order valence-corrected chi connectivity index (χ3v) is 5.75. The molecule has 0 aliphatic carbocycles. The van der Waals surface area contributed by atoms with Gasteiger partial charge in [0.2, 0.25) is 0 Å². The first-order valence-corrected chi connectivity index (χ1v) is 8.92. The van der Waals surface area contributed by atoms with Crippen molar-refractivity contribution < 1.29 is 9.18 Å². The number of amides is 1. The van der Waals surface area contributed by atoms with E-state index in [0.717, 1.165) is 29.9 Å². The highest BCUT2D eigenvalue weighted by molar-refractivity contribution is 7.20. The molecule has 1 atom stereocenters. The summed E-state index contributed by atoms with van der Waals surface area (Å²) in [5.74, 6) is 0.699. The number of hydrogen-bond donors (Lipinski definition) is 0. The highest BCUT2D eigenvalue weighted by atomic mass is 32.1. The number of halogens is 1. The number of piperidine rings is 1. The van der Waals surface area contributed by atoms with E-state index < -0.39 is 0 Å². The summed E-state index contributed by atoms with van der Waals surface area (Å²) in [6, 6.07) is 6.91.